The lowest BCUT2D eigenvalue weighted by Gasteiger charge is -2.09. The summed E-state index contributed by atoms with van der Waals surface area (Å²) in [5.41, 5.74) is 7.06. The van der Waals surface area contributed by atoms with Crippen LogP contribution in [0.2, 0.25) is 0 Å². The highest BCUT2D eigenvalue weighted by Crippen LogP contribution is 2.19. The van der Waals surface area contributed by atoms with Crippen molar-refractivity contribution in [1.29, 1.82) is 0 Å². The van der Waals surface area contributed by atoms with Crippen LogP contribution in [0, 0.1) is 13.8 Å². The first kappa shape index (κ1) is 20.9. The van der Waals surface area contributed by atoms with Gasteiger partial charge in [-0.25, -0.2) is 5.43 Å². The maximum atomic E-state index is 12.0. The van der Waals surface area contributed by atoms with Gasteiger partial charge in [0.05, 0.1) is 13.3 Å². The molecule has 2 aromatic carbocycles. The average Bonchev–Trinajstić information content (AvgIpc) is 3.05. The molecule has 0 fully saturated rings. The fourth-order valence-electron chi connectivity index (χ4n) is 3.11. The van der Waals surface area contributed by atoms with Crippen LogP contribution in [-0.2, 0) is 16.1 Å². The number of rotatable bonds is 6. The molecule has 0 aliphatic carbocycles. The van der Waals surface area contributed by atoms with Crippen molar-refractivity contribution in [3.05, 3.63) is 83.2 Å². The van der Waals surface area contributed by atoms with Gasteiger partial charge in [0, 0.05) is 29.2 Å². The molecule has 0 radical (unpaired) electrons. The van der Waals surface area contributed by atoms with Crippen molar-refractivity contribution in [3.8, 4) is 11.4 Å². The summed E-state index contributed by atoms with van der Waals surface area (Å²) >= 11 is 0. The summed E-state index contributed by atoms with van der Waals surface area (Å²) in [7, 11) is 1.58. The van der Waals surface area contributed by atoms with Crippen LogP contribution in [0.4, 0.5) is 0 Å². The van der Waals surface area contributed by atoms with E-state index < -0.39 is 11.8 Å². The van der Waals surface area contributed by atoms with Gasteiger partial charge in [-0.3, -0.25) is 9.59 Å². The SMILES string of the molecule is COc1ccc(CNC(=O)C(=O)N/N=C/c2cc(C)n(-c3ccccc3)c2C)cc1. The molecule has 7 heteroatoms. The van der Waals surface area contributed by atoms with E-state index in [0.29, 0.717) is 0 Å². The number of ether oxygens (including phenoxy) is 1. The van der Waals surface area contributed by atoms with Crippen molar-refractivity contribution in [1.82, 2.24) is 15.3 Å². The van der Waals surface area contributed by atoms with Crippen LogP contribution in [0.3, 0.4) is 0 Å². The minimum atomic E-state index is -0.823. The van der Waals surface area contributed by atoms with E-state index in [-0.39, 0.29) is 6.54 Å². The minimum absolute atomic E-state index is 0.234. The maximum Gasteiger partial charge on any atom is 0.329 e. The Balaban J connectivity index is 1.57. The van der Waals surface area contributed by atoms with Crippen molar-refractivity contribution in [2.45, 2.75) is 20.4 Å². The summed E-state index contributed by atoms with van der Waals surface area (Å²) in [6, 6.07) is 19.2. The number of carbonyl (C=O) groups excluding carboxylic acids is 2. The van der Waals surface area contributed by atoms with E-state index in [4.69, 9.17) is 4.74 Å². The number of methoxy groups -OCH3 is 1. The van der Waals surface area contributed by atoms with Crippen molar-refractivity contribution >= 4 is 18.0 Å². The Kier molecular flexibility index (Phi) is 6.64. The molecule has 154 valence electrons. The van der Waals surface area contributed by atoms with Gasteiger partial charge in [0.2, 0.25) is 0 Å². The number of nitrogens with one attached hydrogen (secondary N) is 2. The van der Waals surface area contributed by atoms with Gasteiger partial charge in [-0.05, 0) is 49.7 Å². The van der Waals surface area contributed by atoms with Gasteiger partial charge in [-0.1, -0.05) is 30.3 Å². The van der Waals surface area contributed by atoms with E-state index in [2.05, 4.69) is 20.4 Å². The maximum absolute atomic E-state index is 12.0. The molecule has 0 spiro atoms. The predicted molar refractivity (Wildman–Crippen MR) is 116 cm³/mol. The number of benzene rings is 2. The Morgan fingerprint density at radius 2 is 1.73 bits per heavy atom. The molecule has 2 amide bonds. The molecule has 1 heterocycles. The molecule has 2 N–H and O–H groups in total. The second-order valence-electron chi connectivity index (χ2n) is 6.73. The number of hydrazone groups is 1. The van der Waals surface area contributed by atoms with Gasteiger partial charge in [0.25, 0.3) is 0 Å². The molecule has 30 heavy (non-hydrogen) atoms. The largest absolute Gasteiger partial charge is 0.497 e. The lowest BCUT2D eigenvalue weighted by atomic mass is 10.2. The number of aryl methyl sites for hydroxylation is 1. The van der Waals surface area contributed by atoms with Gasteiger partial charge in [0.15, 0.2) is 0 Å². The van der Waals surface area contributed by atoms with Crippen LogP contribution in [0.25, 0.3) is 5.69 Å². The summed E-state index contributed by atoms with van der Waals surface area (Å²) in [4.78, 5) is 23.9. The Hall–Kier alpha value is -3.87. The number of hydrogen-bond acceptors (Lipinski definition) is 4. The summed E-state index contributed by atoms with van der Waals surface area (Å²) in [5.74, 6) is -0.849. The Morgan fingerprint density at radius 1 is 1.03 bits per heavy atom. The zero-order valence-electron chi connectivity index (χ0n) is 17.2. The summed E-state index contributed by atoms with van der Waals surface area (Å²) in [6.45, 7) is 4.21. The van der Waals surface area contributed by atoms with Crippen molar-refractivity contribution in [2.24, 2.45) is 5.10 Å². The Labute approximate surface area is 175 Å². The van der Waals surface area contributed by atoms with E-state index in [1.165, 1.54) is 6.21 Å². The molecule has 3 rings (SSSR count). The zero-order chi connectivity index (χ0) is 21.5. The molecular weight excluding hydrogens is 380 g/mol. The van der Waals surface area contributed by atoms with Gasteiger partial charge in [0.1, 0.15) is 5.75 Å². The predicted octanol–water partition coefficient (Wildman–Crippen LogP) is 2.87. The highest BCUT2D eigenvalue weighted by molar-refractivity contribution is 6.35. The molecule has 0 unspecified atom stereocenters. The second-order valence-corrected chi connectivity index (χ2v) is 6.73. The molecule has 0 atom stereocenters. The topological polar surface area (TPSA) is 84.7 Å². The summed E-state index contributed by atoms with van der Waals surface area (Å²) in [5, 5.41) is 6.50. The lowest BCUT2D eigenvalue weighted by molar-refractivity contribution is -0.139. The Morgan fingerprint density at radius 3 is 2.40 bits per heavy atom. The number of hydrogen-bond donors (Lipinski definition) is 2. The van der Waals surface area contributed by atoms with Crippen LogP contribution in [0.15, 0.2) is 65.8 Å². The van der Waals surface area contributed by atoms with E-state index in [0.717, 1.165) is 34.0 Å². The van der Waals surface area contributed by atoms with Crippen LogP contribution >= 0.6 is 0 Å². The molecule has 0 saturated carbocycles. The van der Waals surface area contributed by atoms with E-state index in [1.807, 2.05) is 62.4 Å². The quantitative estimate of drug-likeness (QED) is 0.376. The fourth-order valence-corrected chi connectivity index (χ4v) is 3.11. The van der Waals surface area contributed by atoms with Gasteiger partial charge in [-0.2, -0.15) is 5.10 Å². The molecular formula is C23H24N4O3. The summed E-state index contributed by atoms with van der Waals surface area (Å²) < 4.78 is 7.19. The van der Waals surface area contributed by atoms with Crippen molar-refractivity contribution in [3.63, 3.8) is 0 Å². The minimum Gasteiger partial charge on any atom is -0.497 e. The van der Waals surface area contributed by atoms with Gasteiger partial charge >= 0.3 is 11.8 Å². The van der Waals surface area contributed by atoms with Gasteiger partial charge < -0.3 is 14.6 Å². The van der Waals surface area contributed by atoms with Crippen LogP contribution in [-0.4, -0.2) is 29.7 Å². The molecule has 7 nitrogen and oxygen atoms in total. The first-order valence-corrected chi connectivity index (χ1v) is 9.48. The smallest absolute Gasteiger partial charge is 0.329 e. The third-order valence-corrected chi connectivity index (χ3v) is 4.67. The molecule has 0 saturated heterocycles. The number of para-hydroxylation sites is 1. The third kappa shape index (κ3) is 4.94. The number of nitrogens with zero attached hydrogens (tertiary/aromatic N) is 2. The van der Waals surface area contributed by atoms with Crippen LogP contribution < -0.4 is 15.5 Å². The van der Waals surface area contributed by atoms with Crippen LogP contribution in [0.5, 0.6) is 5.75 Å². The number of carbonyl (C=O) groups is 2. The first-order chi connectivity index (χ1) is 14.5. The molecule has 1 aromatic heterocycles. The average molecular weight is 404 g/mol. The monoisotopic (exact) mass is 404 g/mol. The van der Waals surface area contributed by atoms with E-state index >= 15 is 0 Å². The lowest BCUT2D eigenvalue weighted by Crippen LogP contribution is -2.37. The van der Waals surface area contributed by atoms with Gasteiger partial charge in [-0.15, -0.1) is 0 Å². The second kappa shape index (κ2) is 9.56. The molecule has 0 aliphatic heterocycles. The highest BCUT2D eigenvalue weighted by Gasteiger charge is 2.13. The van der Waals surface area contributed by atoms with Crippen molar-refractivity contribution in [2.75, 3.05) is 7.11 Å². The standard InChI is InChI=1S/C23H24N4O3/c1-16-13-19(17(2)27(16)20-7-5-4-6-8-20)15-25-26-23(29)22(28)24-14-18-9-11-21(30-3)12-10-18/h4-13,15H,14H2,1-3H3,(H,24,28)(H,26,29)/b25-15+. The number of amides is 2. The molecule has 0 bridgehead atoms. The summed E-state index contributed by atoms with van der Waals surface area (Å²) in [6.07, 6.45) is 1.54. The molecule has 3 aromatic rings. The van der Waals surface area contributed by atoms with Crippen LogP contribution in [0.1, 0.15) is 22.5 Å². The van der Waals surface area contributed by atoms with Crippen molar-refractivity contribution < 1.29 is 14.3 Å². The highest BCUT2D eigenvalue weighted by atomic mass is 16.5. The third-order valence-electron chi connectivity index (χ3n) is 4.67. The first-order valence-electron chi connectivity index (χ1n) is 9.48. The fraction of sp³-hybridized carbons (Fsp3) is 0.174. The van der Waals surface area contributed by atoms with E-state index in [1.54, 1.807) is 19.2 Å². The molecule has 0 aliphatic rings. The number of aromatic nitrogens is 1. The Bertz CT molecular complexity index is 1050. The zero-order valence-corrected chi connectivity index (χ0v) is 17.2. The normalized spacial score (nSPS) is 10.8. The van der Waals surface area contributed by atoms with E-state index in [9.17, 15) is 9.59 Å².